The quantitative estimate of drug-likeness (QED) is 0.0256. The molecule has 8 heteroatoms. The van der Waals surface area contributed by atoms with Gasteiger partial charge in [0.25, 0.3) is 0 Å². The fraction of sp³-hybridized carbons (Fsp3) is 0.636. The van der Waals surface area contributed by atoms with Crippen molar-refractivity contribution in [3.8, 4) is 0 Å². The number of Topliss-reactive ketones (excluding diaryl/α,β-unsaturated/α-hetero) is 2. The number of carbonyl (C=O) groups is 6. The van der Waals surface area contributed by atoms with Crippen molar-refractivity contribution in [1.29, 1.82) is 0 Å². The fourth-order valence-corrected chi connectivity index (χ4v) is 8.50. The van der Waals surface area contributed by atoms with Gasteiger partial charge in [-0.1, -0.05) is 252 Å². The predicted octanol–water partition coefficient (Wildman–Crippen LogP) is 17.9. The summed E-state index contributed by atoms with van der Waals surface area (Å²) in [6, 6.07) is 0. The van der Waals surface area contributed by atoms with Gasteiger partial charge in [0, 0.05) is 36.5 Å². The van der Waals surface area contributed by atoms with Gasteiger partial charge in [0.1, 0.15) is 23.8 Å². The van der Waals surface area contributed by atoms with Gasteiger partial charge in [0.2, 0.25) is 0 Å². The van der Waals surface area contributed by atoms with Gasteiger partial charge in [-0.3, -0.25) is 28.8 Å². The molecule has 8 nitrogen and oxygen atoms in total. The Kier molecular flexibility index (Phi) is 39.8. The minimum Gasteiger partial charge on any atom is -0.462 e. The maximum Gasteiger partial charge on any atom is 0.306 e. The highest BCUT2D eigenvalue weighted by molar-refractivity contribution is 5.95. The molecule has 0 fully saturated rings. The molecule has 0 N–H and O–H groups in total. The normalized spacial score (nSPS) is 14.3. The van der Waals surface area contributed by atoms with Gasteiger partial charge < -0.3 is 9.47 Å². The van der Waals surface area contributed by atoms with Crippen LogP contribution in [0.2, 0.25) is 0 Å². The van der Waals surface area contributed by atoms with Gasteiger partial charge in [-0.05, 0) is 79.4 Å². The van der Waals surface area contributed by atoms with E-state index in [9.17, 15) is 28.8 Å². The van der Waals surface area contributed by atoms with E-state index in [1.165, 1.54) is 104 Å². The molecule has 416 valence electrons. The number of carbonyl (C=O) groups excluding carboxylic acids is 6. The van der Waals surface area contributed by atoms with Gasteiger partial charge in [-0.2, -0.15) is 0 Å². The van der Waals surface area contributed by atoms with Gasteiger partial charge in [0.15, 0.2) is 11.6 Å². The van der Waals surface area contributed by atoms with Crippen LogP contribution in [0.15, 0.2) is 107 Å². The van der Waals surface area contributed by atoms with Crippen molar-refractivity contribution < 1.29 is 38.2 Å². The fourth-order valence-electron chi connectivity index (χ4n) is 8.50. The van der Waals surface area contributed by atoms with Crippen molar-refractivity contribution in [3.63, 3.8) is 0 Å². The third-order valence-corrected chi connectivity index (χ3v) is 13.2. The molecule has 0 aromatic carbocycles. The first kappa shape index (κ1) is 69.3. The first-order chi connectivity index (χ1) is 35.1. The highest BCUT2D eigenvalue weighted by Crippen LogP contribution is 2.29. The first-order valence-electron chi connectivity index (χ1n) is 28.7. The Morgan fingerprint density at radius 3 is 0.932 bits per heavy atom. The van der Waals surface area contributed by atoms with E-state index in [0.29, 0.717) is 12.8 Å². The van der Waals surface area contributed by atoms with Crippen LogP contribution in [0, 0.1) is 10.8 Å². The summed E-state index contributed by atoms with van der Waals surface area (Å²) in [5.74, 6) is -0.924. The Morgan fingerprint density at radius 2 is 0.635 bits per heavy atom. The Hall–Kier alpha value is -4.72. The van der Waals surface area contributed by atoms with E-state index in [2.05, 4.69) is 13.8 Å². The molecule has 0 rings (SSSR count). The van der Waals surface area contributed by atoms with E-state index in [-0.39, 0.29) is 60.8 Å². The van der Waals surface area contributed by atoms with Crippen LogP contribution in [0.1, 0.15) is 250 Å². The zero-order valence-corrected chi connectivity index (χ0v) is 48.9. The van der Waals surface area contributed by atoms with Crippen molar-refractivity contribution in [3.05, 3.63) is 107 Å². The van der Waals surface area contributed by atoms with Crippen LogP contribution >= 0.6 is 0 Å². The SMILES string of the molecule is CCCCCCCCCCCCCC(=O)O[C@H](CC(C)=O)CC(C)(C)C(=O)/C=C/C(C)=C/C=C/C(C)=C/C=C/C=C(C)/C=C/C=C(C)/C=C/C(=O)C(C)(C)C[C@@H](CC(C)=O)OC(=O)CCCCCCCCCCC. The second kappa shape index (κ2) is 42.5. The lowest BCUT2D eigenvalue weighted by Gasteiger charge is -2.27. The number of esters is 2. The molecular weight excluding hydrogens is 921 g/mol. The van der Waals surface area contributed by atoms with E-state index in [1.54, 1.807) is 24.3 Å². The third kappa shape index (κ3) is 39.7. The maximum atomic E-state index is 13.3. The molecule has 0 aliphatic rings. The minimum atomic E-state index is -0.818. The average Bonchev–Trinajstić information content (AvgIpc) is 3.31. The van der Waals surface area contributed by atoms with Gasteiger partial charge in [-0.25, -0.2) is 0 Å². The second-order valence-corrected chi connectivity index (χ2v) is 22.2. The molecule has 0 radical (unpaired) electrons. The molecule has 0 unspecified atom stereocenters. The van der Waals surface area contributed by atoms with Crippen molar-refractivity contribution in [2.24, 2.45) is 10.8 Å². The standard InChI is InChI=1S/C66H104O8/c1-13-15-17-19-21-23-24-26-28-30-32-44-64(72)74-60(50-58(8)68)52-66(11,12)62(70)48-46-56(6)42-36-40-54(4)38-34-33-37-53(3)39-35-41-55(5)45-47-61(69)65(9,10)51-59(49-57(7)67)73-63(71)43-31-29-27-25-22-20-18-16-14-2/h33-42,45-48,59-60H,13-32,43-44,49-52H2,1-12H3/b34-33+,39-35+,40-36+,47-45+,48-46+,53-37+,54-38+,55-41+,56-42+/t59-,60-/m1/s1. The van der Waals surface area contributed by atoms with Crippen LogP contribution in [-0.2, 0) is 38.2 Å². The van der Waals surface area contributed by atoms with E-state index >= 15 is 0 Å². The molecule has 0 aromatic heterocycles. The molecule has 74 heavy (non-hydrogen) atoms. The Labute approximate surface area is 451 Å². The summed E-state index contributed by atoms with van der Waals surface area (Å²) in [7, 11) is 0. The number of hydrogen-bond acceptors (Lipinski definition) is 8. The van der Waals surface area contributed by atoms with Crippen LogP contribution in [-0.4, -0.2) is 47.3 Å². The molecule has 0 bridgehead atoms. The van der Waals surface area contributed by atoms with Gasteiger partial charge in [0.05, 0.1) is 0 Å². The average molecular weight is 1030 g/mol. The van der Waals surface area contributed by atoms with Crippen LogP contribution < -0.4 is 0 Å². The lowest BCUT2D eigenvalue weighted by Crippen LogP contribution is -2.32. The van der Waals surface area contributed by atoms with Crippen molar-refractivity contribution in [2.45, 2.75) is 262 Å². The zero-order chi connectivity index (χ0) is 55.6. The van der Waals surface area contributed by atoms with Crippen LogP contribution in [0.25, 0.3) is 0 Å². The summed E-state index contributed by atoms with van der Waals surface area (Å²) >= 11 is 0. The van der Waals surface area contributed by atoms with E-state index in [4.69, 9.17) is 9.47 Å². The molecule has 0 aliphatic carbocycles. The largest absolute Gasteiger partial charge is 0.462 e. The van der Waals surface area contributed by atoms with E-state index in [0.717, 1.165) is 60.8 Å². The smallest absolute Gasteiger partial charge is 0.306 e. The number of ketones is 4. The van der Waals surface area contributed by atoms with E-state index < -0.39 is 23.0 Å². The molecule has 0 aliphatic heterocycles. The van der Waals surface area contributed by atoms with Gasteiger partial charge in [-0.15, -0.1) is 0 Å². The molecule has 0 amide bonds. The van der Waals surface area contributed by atoms with Crippen LogP contribution in [0.4, 0.5) is 0 Å². The number of allylic oxidation sites excluding steroid dienone is 18. The molecule has 0 aromatic rings. The Balaban J connectivity index is 5.07. The Bertz CT molecular complexity index is 1940. The van der Waals surface area contributed by atoms with Crippen molar-refractivity contribution in [1.82, 2.24) is 0 Å². The number of ether oxygens (including phenoxy) is 2. The predicted molar refractivity (Wildman–Crippen MR) is 311 cm³/mol. The highest BCUT2D eigenvalue weighted by atomic mass is 16.5. The summed E-state index contributed by atoms with van der Waals surface area (Å²) in [4.78, 5) is 76.1. The number of hydrogen-bond donors (Lipinski definition) is 0. The van der Waals surface area contributed by atoms with E-state index in [1.807, 2.05) is 116 Å². The molecule has 0 spiro atoms. The monoisotopic (exact) mass is 1020 g/mol. The van der Waals surface area contributed by atoms with Crippen molar-refractivity contribution in [2.75, 3.05) is 0 Å². The number of rotatable bonds is 44. The molecule has 0 saturated carbocycles. The highest BCUT2D eigenvalue weighted by Gasteiger charge is 2.33. The van der Waals surface area contributed by atoms with Crippen LogP contribution in [0.5, 0.6) is 0 Å². The number of unbranched alkanes of at least 4 members (excludes halogenated alkanes) is 18. The Morgan fingerprint density at radius 1 is 0.365 bits per heavy atom. The molecule has 0 heterocycles. The topological polar surface area (TPSA) is 121 Å². The molecule has 0 saturated heterocycles. The second-order valence-electron chi connectivity index (χ2n) is 22.2. The zero-order valence-electron chi connectivity index (χ0n) is 48.9. The lowest BCUT2D eigenvalue weighted by molar-refractivity contribution is -0.153. The summed E-state index contributed by atoms with van der Waals surface area (Å²) in [5, 5.41) is 0. The third-order valence-electron chi connectivity index (χ3n) is 13.2. The minimum absolute atomic E-state index is 0.0708. The first-order valence-corrected chi connectivity index (χ1v) is 28.7. The van der Waals surface area contributed by atoms with Crippen molar-refractivity contribution >= 4 is 35.1 Å². The maximum absolute atomic E-state index is 13.3. The molecule has 2 atom stereocenters. The summed E-state index contributed by atoms with van der Waals surface area (Å²) in [6.45, 7) is 22.6. The van der Waals surface area contributed by atoms with Crippen LogP contribution in [0.3, 0.4) is 0 Å². The lowest BCUT2D eigenvalue weighted by atomic mass is 9.81. The van der Waals surface area contributed by atoms with Gasteiger partial charge >= 0.3 is 11.9 Å². The molecular formula is C66H104O8. The summed E-state index contributed by atoms with van der Waals surface area (Å²) < 4.78 is 11.5. The summed E-state index contributed by atoms with van der Waals surface area (Å²) in [6.07, 6.45) is 50.2. The summed E-state index contributed by atoms with van der Waals surface area (Å²) in [5.41, 5.74) is 2.27.